The molecular formula is C16H22N2O4S. The van der Waals surface area contributed by atoms with Crippen molar-refractivity contribution in [3.63, 3.8) is 0 Å². The van der Waals surface area contributed by atoms with E-state index in [4.69, 9.17) is 0 Å². The number of hydrogen-bond donors (Lipinski definition) is 2. The number of hydrogen-bond acceptors (Lipinski definition) is 4. The molecule has 1 aliphatic carbocycles. The van der Waals surface area contributed by atoms with E-state index in [2.05, 4.69) is 5.32 Å². The fourth-order valence-corrected chi connectivity index (χ4v) is 4.58. The van der Waals surface area contributed by atoms with Gasteiger partial charge in [-0.25, -0.2) is 8.42 Å². The van der Waals surface area contributed by atoms with Gasteiger partial charge in [-0.3, -0.25) is 9.10 Å². The van der Waals surface area contributed by atoms with E-state index >= 15 is 0 Å². The molecule has 1 saturated heterocycles. The highest BCUT2D eigenvalue weighted by atomic mass is 32.2. The third kappa shape index (κ3) is 3.67. The van der Waals surface area contributed by atoms with Crippen molar-refractivity contribution in [2.24, 2.45) is 5.92 Å². The Labute approximate surface area is 136 Å². The van der Waals surface area contributed by atoms with Gasteiger partial charge in [0.1, 0.15) is 0 Å². The first kappa shape index (κ1) is 16.3. The maximum Gasteiger partial charge on any atom is 0.235 e. The second-order valence-corrected chi connectivity index (χ2v) is 8.66. The van der Waals surface area contributed by atoms with Gasteiger partial charge in [-0.2, -0.15) is 0 Å². The molecule has 2 aliphatic rings. The number of rotatable bonds is 5. The van der Waals surface area contributed by atoms with Crippen LogP contribution in [0.1, 0.15) is 32.6 Å². The van der Waals surface area contributed by atoms with Crippen molar-refractivity contribution in [2.45, 2.75) is 38.2 Å². The van der Waals surface area contributed by atoms with Crippen molar-refractivity contribution < 1.29 is 18.3 Å². The van der Waals surface area contributed by atoms with Gasteiger partial charge in [0.2, 0.25) is 15.9 Å². The molecule has 0 aromatic heterocycles. The van der Waals surface area contributed by atoms with Gasteiger partial charge in [-0.15, -0.1) is 0 Å². The topological polar surface area (TPSA) is 86.7 Å². The van der Waals surface area contributed by atoms with Crippen LogP contribution >= 0.6 is 0 Å². The number of amides is 1. The lowest BCUT2D eigenvalue weighted by molar-refractivity contribution is -0.121. The third-order valence-electron chi connectivity index (χ3n) is 4.51. The average Bonchev–Trinajstić information content (AvgIpc) is 3.24. The first-order chi connectivity index (χ1) is 10.8. The van der Waals surface area contributed by atoms with E-state index in [-0.39, 0.29) is 24.0 Å². The van der Waals surface area contributed by atoms with E-state index < -0.39 is 15.6 Å². The van der Waals surface area contributed by atoms with Crippen LogP contribution in [0.3, 0.4) is 0 Å². The zero-order chi connectivity index (χ0) is 16.7. The normalized spacial score (nSPS) is 22.6. The van der Waals surface area contributed by atoms with E-state index in [0.29, 0.717) is 24.3 Å². The summed E-state index contributed by atoms with van der Waals surface area (Å²) in [5.41, 5.74) is 0.264. The van der Waals surface area contributed by atoms with E-state index in [1.165, 1.54) is 4.31 Å². The monoisotopic (exact) mass is 338 g/mol. The summed E-state index contributed by atoms with van der Waals surface area (Å²) in [6, 6.07) is 6.76. The predicted molar refractivity (Wildman–Crippen MR) is 88.8 cm³/mol. The van der Waals surface area contributed by atoms with Gasteiger partial charge in [-0.05, 0) is 56.4 Å². The quantitative estimate of drug-likeness (QED) is 0.856. The first-order valence-electron chi connectivity index (χ1n) is 7.91. The molecule has 23 heavy (non-hydrogen) atoms. The van der Waals surface area contributed by atoms with Gasteiger partial charge < -0.3 is 10.4 Å². The van der Waals surface area contributed by atoms with Crippen molar-refractivity contribution in [1.29, 1.82) is 0 Å². The Morgan fingerprint density at radius 2 is 2.00 bits per heavy atom. The van der Waals surface area contributed by atoms with Crippen LogP contribution in [0, 0.1) is 5.92 Å². The molecule has 1 aromatic carbocycles. The number of carbonyl (C=O) groups is 1. The van der Waals surface area contributed by atoms with E-state index in [1.807, 2.05) is 0 Å². The molecule has 1 heterocycles. The van der Waals surface area contributed by atoms with Crippen LogP contribution in [0.5, 0.6) is 0 Å². The molecule has 1 aliphatic heterocycles. The third-order valence-corrected chi connectivity index (χ3v) is 6.38. The highest BCUT2D eigenvalue weighted by Gasteiger charge is 2.41. The zero-order valence-electron chi connectivity index (χ0n) is 13.2. The fourth-order valence-electron chi connectivity index (χ4n) is 3.02. The fraction of sp³-hybridized carbons (Fsp3) is 0.562. The summed E-state index contributed by atoms with van der Waals surface area (Å²) < 4.78 is 25.2. The Morgan fingerprint density at radius 3 is 2.52 bits per heavy atom. The number of anilines is 2. The maximum atomic E-state index is 12.0. The molecule has 1 aromatic rings. The molecule has 2 N–H and O–H groups in total. The highest BCUT2D eigenvalue weighted by molar-refractivity contribution is 7.93. The van der Waals surface area contributed by atoms with Crippen molar-refractivity contribution in [3.8, 4) is 0 Å². The van der Waals surface area contributed by atoms with Crippen LogP contribution in [-0.4, -0.2) is 37.3 Å². The standard InChI is InChI=1S/C16H22N2O4S/c1-16(20,12-3-4-12)11-15(19)17-13-5-7-14(8-6-13)18-9-2-10-23(18,21)22/h5-8,12,20H,2-4,9-11H2,1H3,(H,17,19). The second kappa shape index (κ2) is 5.79. The Bertz CT molecular complexity index is 693. The minimum atomic E-state index is -3.19. The molecule has 1 amide bonds. The van der Waals surface area contributed by atoms with Gasteiger partial charge in [0.25, 0.3) is 0 Å². The van der Waals surface area contributed by atoms with Gasteiger partial charge in [-0.1, -0.05) is 0 Å². The van der Waals surface area contributed by atoms with Gasteiger partial charge in [0.05, 0.1) is 23.5 Å². The summed E-state index contributed by atoms with van der Waals surface area (Å²) >= 11 is 0. The number of nitrogens with zero attached hydrogens (tertiary/aromatic N) is 1. The Hall–Kier alpha value is -1.60. The lowest BCUT2D eigenvalue weighted by Crippen LogP contribution is -2.32. The van der Waals surface area contributed by atoms with Crippen LogP contribution in [0.25, 0.3) is 0 Å². The van der Waals surface area contributed by atoms with Crippen LogP contribution in [0.2, 0.25) is 0 Å². The summed E-state index contributed by atoms with van der Waals surface area (Å²) in [6.07, 6.45) is 2.65. The molecule has 1 atom stereocenters. The van der Waals surface area contributed by atoms with Crippen molar-refractivity contribution in [3.05, 3.63) is 24.3 Å². The number of benzene rings is 1. The minimum Gasteiger partial charge on any atom is -0.389 e. The van der Waals surface area contributed by atoms with Gasteiger partial charge >= 0.3 is 0 Å². The summed E-state index contributed by atoms with van der Waals surface area (Å²) in [6.45, 7) is 2.20. The number of nitrogens with one attached hydrogen (secondary N) is 1. The number of aliphatic hydroxyl groups is 1. The highest BCUT2D eigenvalue weighted by Crippen LogP contribution is 2.41. The number of sulfonamides is 1. The van der Waals surface area contributed by atoms with Crippen molar-refractivity contribution >= 4 is 27.3 Å². The van der Waals surface area contributed by atoms with E-state index in [1.54, 1.807) is 31.2 Å². The molecule has 7 heteroatoms. The van der Waals surface area contributed by atoms with Crippen molar-refractivity contribution in [2.75, 3.05) is 21.9 Å². The second-order valence-electron chi connectivity index (χ2n) is 6.64. The lowest BCUT2D eigenvalue weighted by atomic mass is 9.96. The first-order valence-corrected chi connectivity index (χ1v) is 9.51. The molecule has 126 valence electrons. The number of carbonyl (C=O) groups excluding carboxylic acids is 1. The molecule has 0 bridgehead atoms. The van der Waals surface area contributed by atoms with Gasteiger partial charge in [0.15, 0.2) is 0 Å². The lowest BCUT2D eigenvalue weighted by Gasteiger charge is -2.22. The van der Waals surface area contributed by atoms with E-state index in [9.17, 15) is 18.3 Å². The molecule has 1 unspecified atom stereocenters. The van der Waals surface area contributed by atoms with Crippen LogP contribution in [0.4, 0.5) is 11.4 Å². The van der Waals surface area contributed by atoms with Crippen LogP contribution in [-0.2, 0) is 14.8 Å². The summed E-state index contributed by atoms with van der Waals surface area (Å²) in [7, 11) is -3.19. The Balaban J connectivity index is 1.62. The molecular weight excluding hydrogens is 316 g/mol. The molecule has 0 radical (unpaired) electrons. The zero-order valence-corrected chi connectivity index (χ0v) is 14.0. The predicted octanol–water partition coefficient (Wildman–Crippen LogP) is 1.72. The average molecular weight is 338 g/mol. The smallest absolute Gasteiger partial charge is 0.235 e. The molecule has 2 fully saturated rings. The Morgan fingerprint density at radius 1 is 1.35 bits per heavy atom. The van der Waals surface area contributed by atoms with Crippen LogP contribution < -0.4 is 9.62 Å². The van der Waals surface area contributed by atoms with Crippen LogP contribution in [0.15, 0.2) is 24.3 Å². The summed E-state index contributed by atoms with van der Waals surface area (Å²) in [5.74, 6) is 0.168. The Kier molecular flexibility index (Phi) is 4.10. The maximum absolute atomic E-state index is 12.0. The minimum absolute atomic E-state index is 0.0694. The largest absolute Gasteiger partial charge is 0.389 e. The SMILES string of the molecule is CC(O)(CC(=O)Nc1ccc(N2CCCS2(=O)=O)cc1)C1CC1. The molecule has 0 spiro atoms. The summed E-state index contributed by atoms with van der Waals surface area (Å²) in [5, 5.41) is 13.0. The molecule has 3 rings (SSSR count). The van der Waals surface area contributed by atoms with E-state index in [0.717, 1.165) is 12.8 Å². The molecule has 1 saturated carbocycles. The van der Waals surface area contributed by atoms with Gasteiger partial charge in [0, 0.05) is 12.2 Å². The van der Waals surface area contributed by atoms with Crippen molar-refractivity contribution in [1.82, 2.24) is 0 Å². The molecule has 6 nitrogen and oxygen atoms in total. The summed E-state index contributed by atoms with van der Waals surface area (Å²) in [4.78, 5) is 12.0.